The highest BCUT2D eigenvalue weighted by molar-refractivity contribution is 5.68. The number of nitrogens with zero attached hydrogens (tertiary/aromatic N) is 8. The zero-order valence-electron chi connectivity index (χ0n) is 32.1. The number of anilines is 2. The summed E-state index contributed by atoms with van der Waals surface area (Å²) in [6.45, 7) is -0.720. The maximum absolute atomic E-state index is 10.4. The van der Waals surface area contributed by atoms with Crippen LogP contribution >= 0.6 is 0 Å². The van der Waals surface area contributed by atoms with E-state index in [0.29, 0.717) is 46.5 Å². The molecule has 2 unspecified atom stereocenters. The number of phenols is 3. The molecule has 2 saturated heterocycles. The number of benzene rings is 2. The summed E-state index contributed by atoms with van der Waals surface area (Å²) in [5.41, 5.74) is 1.75. The fraction of sp³-hybridized carbons (Fsp3) is 0.405. The van der Waals surface area contributed by atoms with Gasteiger partial charge < -0.3 is 81.0 Å². The lowest BCUT2D eigenvalue weighted by atomic mass is 9.98. The van der Waals surface area contributed by atoms with Gasteiger partial charge in [0.25, 0.3) is 0 Å². The van der Waals surface area contributed by atoms with Gasteiger partial charge in [0.05, 0.1) is 20.3 Å². The van der Waals surface area contributed by atoms with Crippen LogP contribution in [-0.4, -0.2) is 164 Å². The molecule has 10 atom stereocenters. The average molecular weight is 853 g/mol. The van der Waals surface area contributed by atoms with E-state index in [-0.39, 0.29) is 35.4 Å². The number of aliphatic hydroxyl groups excluding tert-OH is 8. The number of para-hydroxylation sites is 1. The van der Waals surface area contributed by atoms with Crippen LogP contribution in [0.15, 0.2) is 61.7 Å². The molecule has 24 nitrogen and oxygen atoms in total. The van der Waals surface area contributed by atoms with Crippen molar-refractivity contribution in [1.29, 1.82) is 0 Å². The van der Waals surface area contributed by atoms with Crippen LogP contribution in [0, 0.1) is 0 Å². The molecule has 2 fully saturated rings. The summed E-state index contributed by atoms with van der Waals surface area (Å²) in [7, 11) is 1.37. The molecule has 13 N–H and O–H groups in total. The van der Waals surface area contributed by atoms with Gasteiger partial charge in [-0.3, -0.25) is 9.13 Å². The van der Waals surface area contributed by atoms with E-state index < -0.39 is 74.5 Å². The highest BCUT2D eigenvalue weighted by Gasteiger charge is 2.46. The number of methoxy groups -OCH3 is 1. The van der Waals surface area contributed by atoms with E-state index in [1.165, 1.54) is 53.7 Å². The third kappa shape index (κ3) is 8.49. The van der Waals surface area contributed by atoms with Crippen molar-refractivity contribution in [2.75, 3.05) is 31.0 Å². The van der Waals surface area contributed by atoms with Crippen molar-refractivity contribution in [3.05, 3.63) is 72.8 Å². The van der Waals surface area contributed by atoms with Gasteiger partial charge in [-0.15, -0.1) is 0 Å². The SMILES string of the molecule is COc1cc(O)c(CNc2ncn(C3O[C@H](CO)[C@@H](O)[C@H](O)[C@H]3O)c3ncnc2-3)cc1O.OC[C@H]1OC(n2cnc(NCc3ccccc3O)c3ncnc2-3)[C@H](O)[C@@H](O)[C@@H]1O. The molecule has 0 amide bonds. The van der Waals surface area contributed by atoms with E-state index in [0.717, 1.165) is 0 Å². The van der Waals surface area contributed by atoms with Crippen LogP contribution in [0.2, 0.25) is 0 Å². The van der Waals surface area contributed by atoms with Crippen molar-refractivity contribution < 1.29 is 70.4 Å². The molecule has 2 aromatic rings. The first-order chi connectivity index (χ1) is 29.4. The third-order valence-electron chi connectivity index (χ3n) is 10.3. The van der Waals surface area contributed by atoms with Crippen LogP contribution in [-0.2, 0) is 22.6 Å². The molecule has 0 saturated carbocycles. The second-order valence-electron chi connectivity index (χ2n) is 14.0. The Morgan fingerprint density at radius 3 is 1.56 bits per heavy atom. The number of hydrogen-bond donors (Lipinski definition) is 13. The predicted octanol–water partition coefficient (Wildman–Crippen LogP) is -2.15. The molecule has 0 aromatic heterocycles. The van der Waals surface area contributed by atoms with Crippen LogP contribution in [0.25, 0.3) is 23.0 Å². The fourth-order valence-corrected chi connectivity index (χ4v) is 6.88. The maximum atomic E-state index is 10.4. The summed E-state index contributed by atoms with van der Waals surface area (Å²) in [5, 5.41) is 116. The molecule has 0 radical (unpaired) electrons. The van der Waals surface area contributed by atoms with Crippen LogP contribution in [0.1, 0.15) is 23.6 Å². The number of phenolic OH excluding ortho intramolecular Hbond substituents is 3. The maximum Gasteiger partial charge on any atom is 0.167 e. The van der Waals surface area contributed by atoms with E-state index in [1.807, 2.05) is 0 Å². The summed E-state index contributed by atoms with van der Waals surface area (Å²) in [6, 6.07) is 9.53. The molecule has 0 bridgehead atoms. The summed E-state index contributed by atoms with van der Waals surface area (Å²) in [5.74, 6) is 1.34. The lowest BCUT2D eigenvalue weighted by molar-refractivity contribution is -0.251. The molecule has 2 aromatic carbocycles. The molecule has 0 aliphatic carbocycles. The van der Waals surface area contributed by atoms with E-state index in [4.69, 9.17) is 14.2 Å². The standard InChI is InChI=1S/C19H23N5O8.C18H21N5O6/c1-31-11-3-9(26)8(2-10(11)27)4-20-17-13-18(22-6-21-13)24(7-23-17)19-16(30)15(29)14(28)12(5-25)32-19;24-6-11-13(26)14(27)15(28)18(29-11)23-8-22-16(12-17(23)21-7-20-12)19-5-9-3-1-2-4-10(9)25/h2-3,6-7,12,14-16,19-20,25-30H,4-5H2,1H3;1-4,7-8,11,13-15,18-19,24-28H,5-6H2/t12-,14-,15+,16-,19?;11-,13-,14+,15-,18?/m11/s1. The molecule has 6 aliphatic rings. The van der Waals surface area contributed by atoms with Crippen molar-refractivity contribution in [1.82, 2.24) is 39.0 Å². The van der Waals surface area contributed by atoms with E-state index in [9.17, 15) is 56.2 Å². The molecule has 326 valence electrons. The largest absolute Gasteiger partial charge is 0.508 e. The Morgan fingerprint density at radius 1 is 0.590 bits per heavy atom. The summed E-state index contributed by atoms with van der Waals surface area (Å²) in [6.07, 6.45) is -8.22. The van der Waals surface area contributed by atoms with E-state index in [2.05, 4.69) is 40.5 Å². The van der Waals surface area contributed by atoms with Crippen LogP contribution in [0.3, 0.4) is 0 Å². The Morgan fingerprint density at radius 2 is 1.08 bits per heavy atom. The minimum atomic E-state index is -1.56. The van der Waals surface area contributed by atoms with Crippen molar-refractivity contribution in [3.8, 4) is 46.0 Å². The van der Waals surface area contributed by atoms with Gasteiger partial charge in [0.15, 0.2) is 58.6 Å². The van der Waals surface area contributed by atoms with Crippen LogP contribution in [0.5, 0.6) is 23.0 Å². The zero-order chi connectivity index (χ0) is 43.5. The van der Waals surface area contributed by atoms with Gasteiger partial charge in [0, 0.05) is 30.3 Å². The lowest BCUT2D eigenvalue weighted by Gasteiger charge is -2.41. The first-order valence-electron chi connectivity index (χ1n) is 18.7. The van der Waals surface area contributed by atoms with Gasteiger partial charge in [-0.1, -0.05) is 18.2 Å². The molecule has 6 heterocycles. The molecule has 61 heavy (non-hydrogen) atoms. The topological polar surface area (TPSA) is 361 Å². The Bertz CT molecular complexity index is 2330. The Labute approximate surface area is 344 Å². The third-order valence-corrected chi connectivity index (χ3v) is 10.3. The average Bonchev–Trinajstić information content (AvgIpc) is 3.97. The van der Waals surface area contributed by atoms with Crippen LogP contribution < -0.4 is 15.4 Å². The molecule has 24 heteroatoms. The minimum absolute atomic E-state index is 0.0857. The Hall–Kier alpha value is -6.06. The number of aromatic hydroxyl groups is 3. The highest BCUT2D eigenvalue weighted by atomic mass is 16.6. The Balaban J connectivity index is 0.000000185. The number of imidazole rings is 2. The van der Waals surface area contributed by atoms with Crippen molar-refractivity contribution in [2.24, 2.45) is 0 Å². The van der Waals surface area contributed by atoms with Crippen molar-refractivity contribution in [3.63, 3.8) is 0 Å². The Kier molecular flexibility index (Phi) is 12.9. The molecule has 8 rings (SSSR count). The summed E-state index contributed by atoms with van der Waals surface area (Å²) < 4.78 is 18.8. The number of nitrogens with one attached hydrogen (secondary N) is 2. The monoisotopic (exact) mass is 852 g/mol. The number of ether oxygens (including phenoxy) is 3. The summed E-state index contributed by atoms with van der Waals surface area (Å²) >= 11 is 0. The molecule has 6 aliphatic heterocycles. The second-order valence-corrected chi connectivity index (χ2v) is 14.0. The van der Waals surface area contributed by atoms with Crippen molar-refractivity contribution in [2.45, 2.75) is 74.4 Å². The quantitative estimate of drug-likeness (QED) is 0.0618. The van der Waals surface area contributed by atoms with Gasteiger partial charge in [0.2, 0.25) is 0 Å². The number of fused-ring (bicyclic) bond motifs is 2. The number of aromatic nitrogens is 8. The molecular formula is C37H44N10O14. The normalized spacial score (nSPS) is 26.4. The molecule has 0 spiro atoms. The number of hydrogen-bond acceptors (Lipinski definition) is 22. The van der Waals surface area contributed by atoms with Gasteiger partial charge >= 0.3 is 0 Å². The number of rotatable bonds is 11. The highest BCUT2D eigenvalue weighted by Crippen LogP contribution is 2.37. The first kappa shape index (κ1) is 43.0. The molecular weight excluding hydrogens is 808 g/mol. The zero-order valence-corrected chi connectivity index (χ0v) is 32.1. The minimum Gasteiger partial charge on any atom is -0.508 e. The lowest BCUT2D eigenvalue weighted by Crippen LogP contribution is -2.56. The number of aliphatic hydroxyl groups is 8. The van der Waals surface area contributed by atoms with Crippen LogP contribution in [0.4, 0.5) is 11.6 Å². The van der Waals surface area contributed by atoms with Gasteiger partial charge in [-0.25, -0.2) is 29.9 Å². The van der Waals surface area contributed by atoms with E-state index in [1.54, 1.807) is 24.3 Å². The van der Waals surface area contributed by atoms with Gasteiger partial charge in [-0.05, 0) is 12.1 Å². The smallest absolute Gasteiger partial charge is 0.167 e. The predicted molar refractivity (Wildman–Crippen MR) is 206 cm³/mol. The summed E-state index contributed by atoms with van der Waals surface area (Å²) in [4.78, 5) is 25.3. The second kappa shape index (κ2) is 18.3. The van der Waals surface area contributed by atoms with Crippen molar-refractivity contribution >= 4 is 11.6 Å². The van der Waals surface area contributed by atoms with Gasteiger partial charge in [-0.2, -0.15) is 0 Å². The van der Waals surface area contributed by atoms with E-state index >= 15 is 0 Å². The fourth-order valence-electron chi connectivity index (χ4n) is 6.88. The first-order valence-corrected chi connectivity index (χ1v) is 18.7. The van der Waals surface area contributed by atoms with Gasteiger partial charge in [0.1, 0.15) is 85.6 Å².